The van der Waals surface area contributed by atoms with E-state index in [4.69, 9.17) is 5.26 Å². The summed E-state index contributed by atoms with van der Waals surface area (Å²) in [6.45, 7) is 8.50. The normalized spacial score (nSPS) is 20.0. The standard InChI is InChI=1S/C26H29N7O/c1-17-15-33(23-12-25(34)30(4)24-16-31(10-8-27)29-26(23)24)18(2)14-32(17)19(3)21-6-5-20-7-9-28-13-22(20)11-21/h5-7,9,11-13,16-19H,10,14-15H2,1-4H3/t17-,18+,19?/m1/s1. The van der Waals surface area contributed by atoms with Crippen molar-refractivity contribution < 1.29 is 0 Å². The number of nitriles is 1. The Hall–Kier alpha value is -3.70. The number of rotatable bonds is 4. The molecular weight excluding hydrogens is 426 g/mol. The zero-order valence-electron chi connectivity index (χ0n) is 20.0. The third kappa shape index (κ3) is 3.72. The van der Waals surface area contributed by atoms with E-state index in [-0.39, 0.29) is 30.2 Å². The number of nitrogens with zero attached hydrogens (tertiary/aromatic N) is 7. The summed E-state index contributed by atoms with van der Waals surface area (Å²) in [4.78, 5) is 21.8. The fourth-order valence-corrected chi connectivity index (χ4v) is 5.20. The minimum absolute atomic E-state index is 0.0700. The Kier molecular flexibility index (Phi) is 5.58. The molecule has 0 radical (unpaired) electrons. The van der Waals surface area contributed by atoms with E-state index in [1.165, 1.54) is 10.9 Å². The zero-order chi connectivity index (χ0) is 24.0. The van der Waals surface area contributed by atoms with Crippen molar-refractivity contribution in [2.45, 2.75) is 45.4 Å². The van der Waals surface area contributed by atoms with Crippen LogP contribution in [0.25, 0.3) is 21.8 Å². The molecule has 4 heterocycles. The SMILES string of the molecule is CC(c1ccc2ccncc2c1)N1C[C@H](C)N(c2cc(=O)n(C)c3cn(CC#N)nc23)C[C@H]1C. The van der Waals surface area contributed by atoms with Crippen LogP contribution in [0.4, 0.5) is 5.69 Å². The number of fused-ring (bicyclic) bond motifs is 2. The van der Waals surface area contributed by atoms with Crippen LogP contribution in [-0.2, 0) is 13.6 Å². The maximum absolute atomic E-state index is 12.7. The number of anilines is 1. The molecule has 1 aliphatic heterocycles. The van der Waals surface area contributed by atoms with E-state index in [1.54, 1.807) is 28.6 Å². The smallest absolute Gasteiger partial charge is 0.252 e. The van der Waals surface area contributed by atoms with E-state index in [0.717, 1.165) is 35.2 Å². The second-order valence-electron chi connectivity index (χ2n) is 9.35. The fraction of sp³-hybridized carbons (Fsp3) is 0.385. The molecule has 34 heavy (non-hydrogen) atoms. The number of benzene rings is 1. The lowest BCUT2D eigenvalue weighted by molar-refractivity contribution is 0.119. The largest absolute Gasteiger partial charge is 0.364 e. The van der Waals surface area contributed by atoms with E-state index in [9.17, 15) is 4.79 Å². The number of aryl methyl sites for hydroxylation is 1. The summed E-state index contributed by atoms with van der Waals surface area (Å²) in [5, 5.41) is 16.1. The van der Waals surface area contributed by atoms with E-state index in [1.807, 2.05) is 18.5 Å². The third-order valence-electron chi connectivity index (χ3n) is 7.16. The van der Waals surface area contributed by atoms with Crippen LogP contribution in [0.3, 0.4) is 0 Å². The van der Waals surface area contributed by atoms with Crippen LogP contribution in [0.1, 0.15) is 32.4 Å². The quantitative estimate of drug-likeness (QED) is 0.469. The first-order valence-corrected chi connectivity index (χ1v) is 11.7. The summed E-state index contributed by atoms with van der Waals surface area (Å²) in [7, 11) is 1.75. The third-order valence-corrected chi connectivity index (χ3v) is 7.16. The van der Waals surface area contributed by atoms with Crippen LogP contribution in [0.5, 0.6) is 0 Å². The Labute approximate surface area is 198 Å². The lowest BCUT2D eigenvalue weighted by Crippen LogP contribution is -2.57. The van der Waals surface area contributed by atoms with Gasteiger partial charge in [0.15, 0.2) is 0 Å². The summed E-state index contributed by atoms with van der Waals surface area (Å²) < 4.78 is 3.20. The maximum atomic E-state index is 12.7. The molecule has 1 unspecified atom stereocenters. The number of pyridine rings is 2. The molecule has 1 saturated heterocycles. The molecule has 0 spiro atoms. The van der Waals surface area contributed by atoms with Gasteiger partial charge < -0.3 is 9.47 Å². The summed E-state index contributed by atoms with van der Waals surface area (Å²) in [6, 6.07) is 13.2. The van der Waals surface area contributed by atoms with Gasteiger partial charge in [-0.15, -0.1) is 0 Å². The Bertz CT molecular complexity index is 1460. The van der Waals surface area contributed by atoms with Crippen molar-refractivity contribution in [3.05, 3.63) is 64.8 Å². The highest BCUT2D eigenvalue weighted by Gasteiger charge is 2.34. The average Bonchev–Trinajstić information content (AvgIpc) is 3.26. The van der Waals surface area contributed by atoms with Crippen molar-refractivity contribution in [3.8, 4) is 6.07 Å². The summed E-state index contributed by atoms with van der Waals surface area (Å²) >= 11 is 0. The van der Waals surface area contributed by atoms with Crippen molar-refractivity contribution in [1.29, 1.82) is 5.26 Å². The molecule has 1 aromatic carbocycles. The molecule has 0 bridgehead atoms. The van der Waals surface area contributed by atoms with Gasteiger partial charge in [0.1, 0.15) is 12.1 Å². The van der Waals surface area contributed by atoms with Gasteiger partial charge in [-0.25, -0.2) is 0 Å². The van der Waals surface area contributed by atoms with Gasteiger partial charge in [0.25, 0.3) is 5.56 Å². The molecule has 1 fully saturated rings. The van der Waals surface area contributed by atoms with Gasteiger partial charge in [0.05, 0.1) is 23.5 Å². The lowest BCUT2D eigenvalue weighted by atomic mass is 9.98. The fourth-order valence-electron chi connectivity index (χ4n) is 5.20. The van der Waals surface area contributed by atoms with Crippen molar-refractivity contribution in [3.63, 3.8) is 0 Å². The highest BCUT2D eigenvalue weighted by Crippen LogP contribution is 2.33. The summed E-state index contributed by atoms with van der Waals surface area (Å²) in [5.41, 5.74) is 3.56. The monoisotopic (exact) mass is 455 g/mol. The van der Waals surface area contributed by atoms with E-state index in [2.05, 4.69) is 64.9 Å². The Morgan fingerprint density at radius 3 is 2.76 bits per heavy atom. The van der Waals surface area contributed by atoms with Crippen molar-refractivity contribution in [1.82, 2.24) is 24.2 Å². The van der Waals surface area contributed by atoms with Gasteiger partial charge in [0, 0.05) is 62.1 Å². The van der Waals surface area contributed by atoms with Crippen LogP contribution in [0.15, 0.2) is 53.7 Å². The second-order valence-corrected chi connectivity index (χ2v) is 9.35. The molecule has 0 N–H and O–H groups in total. The average molecular weight is 456 g/mol. The van der Waals surface area contributed by atoms with Crippen molar-refractivity contribution >= 4 is 27.5 Å². The molecule has 8 nitrogen and oxygen atoms in total. The molecule has 8 heteroatoms. The van der Waals surface area contributed by atoms with Crippen molar-refractivity contribution in [2.75, 3.05) is 18.0 Å². The van der Waals surface area contributed by atoms with Crippen LogP contribution < -0.4 is 10.5 Å². The molecular formula is C26H29N7O. The Morgan fingerprint density at radius 1 is 1.15 bits per heavy atom. The lowest BCUT2D eigenvalue weighted by Gasteiger charge is -2.47. The first kappa shape index (κ1) is 22.1. The maximum Gasteiger partial charge on any atom is 0.252 e. The van der Waals surface area contributed by atoms with E-state index in [0.29, 0.717) is 0 Å². The predicted molar refractivity (Wildman–Crippen MR) is 134 cm³/mol. The number of hydrogen-bond acceptors (Lipinski definition) is 6. The zero-order valence-corrected chi connectivity index (χ0v) is 20.0. The van der Waals surface area contributed by atoms with Gasteiger partial charge >= 0.3 is 0 Å². The molecule has 5 rings (SSSR count). The molecule has 0 amide bonds. The summed E-state index contributed by atoms with van der Waals surface area (Å²) in [6.07, 6.45) is 5.53. The van der Waals surface area contributed by atoms with E-state index < -0.39 is 0 Å². The molecule has 174 valence electrons. The molecule has 0 saturated carbocycles. The minimum atomic E-state index is -0.0700. The van der Waals surface area contributed by atoms with Gasteiger partial charge in [-0.1, -0.05) is 12.1 Å². The Balaban J connectivity index is 1.45. The minimum Gasteiger partial charge on any atom is -0.364 e. The molecule has 4 aromatic rings. The predicted octanol–water partition coefficient (Wildman–Crippen LogP) is 3.47. The van der Waals surface area contributed by atoms with Crippen LogP contribution >= 0.6 is 0 Å². The number of hydrogen-bond donors (Lipinski definition) is 0. The molecule has 3 aromatic heterocycles. The second kappa shape index (κ2) is 8.58. The van der Waals surface area contributed by atoms with Crippen LogP contribution in [0.2, 0.25) is 0 Å². The number of piperazine rings is 1. The topological polar surface area (TPSA) is 83.0 Å². The molecule has 0 aliphatic carbocycles. The molecule has 1 aliphatic rings. The van der Waals surface area contributed by atoms with Gasteiger partial charge in [-0.3, -0.25) is 19.4 Å². The first-order chi connectivity index (χ1) is 16.4. The highest BCUT2D eigenvalue weighted by atomic mass is 16.1. The van der Waals surface area contributed by atoms with Crippen LogP contribution in [0, 0.1) is 11.3 Å². The van der Waals surface area contributed by atoms with Gasteiger partial charge in [0.2, 0.25) is 0 Å². The van der Waals surface area contributed by atoms with Gasteiger partial charge in [-0.2, -0.15) is 10.4 Å². The van der Waals surface area contributed by atoms with Crippen molar-refractivity contribution in [2.24, 2.45) is 7.05 Å². The number of aromatic nitrogens is 4. The van der Waals surface area contributed by atoms with E-state index >= 15 is 0 Å². The Morgan fingerprint density at radius 2 is 1.97 bits per heavy atom. The molecule has 3 atom stereocenters. The first-order valence-electron chi connectivity index (χ1n) is 11.7. The summed E-state index contributed by atoms with van der Waals surface area (Å²) in [5.74, 6) is 0. The van der Waals surface area contributed by atoms with Gasteiger partial charge in [-0.05, 0) is 43.9 Å². The highest BCUT2D eigenvalue weighted by molar-refractivity contribution is 5.88. The van der Waals surface area contributed by atoms with Crippen LogP contribution in [-0.4, -0.2) is 49.4 Å².